The molecular weight excluding hydrogens is 200 g/mol. The molecule has 0 radical (unpaired) electrons. The summed E-state index contributed by atoms with van der Waals surface area (Å²) >= 11 is 0. The van der Waals surface area contributed by atoms with E-state index < -0.39 is 0 Å². The Hall–Kier alpha value is -0.570. The summed E-state index contributed by atoms with van der Waals surface area (Å²) in [6.45, 7) is 7.08. The van der Waals surface area contributed by atoms with Gasteiger partial charge in [0.25, 0.3) is 0 Å². The van der Waals surface area contributed by atoms with Gasteiger partial charge in [-0.2, -0.15) is 0 Å². The van der Waals surface area contributed by atoms with Gasteiger partial charge in [0.2, 0.25) is 5.91 Å². The molecule has 1 rings (SSSR count). The highest BCUT2D eigenvalue weighted by Crippen LogP contribution is 2.19. The molecule has 0 saturated carbocycles. The average Bonchev–Trinajstić information content (AvgIpc) is 2.70. The van der Waals surface area contributed by atoms with Crippen LogP contribution in [0.25, 0.3) is 0 Å². The summed E-state index contributed by atoms with van der Waals surface area (Å²) in [5.41, 5.74) is 5.56. The molecule has 0 aromatic rings. The molecular formula is C13H26N2O. The van der Waals surface area contributed by atoms with E-state index in [2.05, 4.69) is 13.8 Å². The summed E-state index contributed by atoms with van der Waals surface area (Å²) < 4.78 is 0. The lowest BCUT2D eigenvalue weighted by molar-refractivity contribution is -0.130. The molecule has 1 saturated heterocycles. The summed E-state index contributed by atoms with van der Waals surface area (Å²) in [5.74, 6) is 1.67. The molecule has 0 bridgehead atoms. The van der Waals surface area contributed by atoms with Gasteiger partial charge >= 0.3 is 0 Å². The van der Waals surface area contributed by atoms with Crippen molar-refractivity contribution in [1.29, 1.82) is 0 Å². The van der Waals surface area contributed by atoms with Crippen molar-refractivity contribution in [2.45, 2.75) is 46.0 Å². The van der Waals surface area contributed by atoms with Crippen LogP contribution in [0.1, 0.15) is 46.0 Å². The molecule has 1 fully saturated rings. The Morgan fingerprint density at radius 2 is 2.25 bits per heavy atom. The second kappa shape index (κ2) is 6.89. The summed E-state index contributed by atoms with van der Waals surface area (Å²) in [4.78, 5) is 13.9. The normalized spacial score (nSPS) is 22.4. The first-order valence-corrected chi connectivity index (χ1v) is 6.65. The molecule has 2 unspecified atom stereocenters. The molecule has 1 aliphatic heterocycles. The zero-order valence-corrected chi connectivity index (χ0v) is 10.7. The number of carbonyl (C=O) groups is 1. The second-order valence-electron chi connectivity index (χ2n) is 5.12. The monoisotopic (exact) mass is 226 g/mol. The van der Waals surface area contributed by atoms with Crippen molar-refractivity contribution in [1.82, 2.24) is 4.90 Å². The Balaban J connectivity index is 2.23. The van der Waals surface area contributed by atoms with Crippen molar-refractivity contribution < 1.29 is 4.79 Å². The van der Waals surface area contributed by atoms with E-state index in [4.69, 9.17) is 5.73 Å². The molecule has 2 atom stereocenters. The van der Waals surface area contributed by atoms with Crippen LogP contribution in [0, 0.1) is 11.8 Å². The molecule has 1 aliphatic rings. The van der Waals surface area contributed by atoms with E-state index in [-0.39, 0.29) is 0 Å². The van der Waals surface area contributed by atoms with Gasteiger partial charge in [-0.15, -0.1) is 0 Å². The van der Waals surface area contributed by atoms with Gasteiger partial charge < -0.3 is 10.6 Å². The molecule has 3 nitrogen and oxygen atoms in total. The van der Waals surface area contributed by atoms with E-state index in [9.17, 15) is 4.79 Å². The van der Waals surface area contributed by atoms with Gasteiger partial charge in [-0.3, -0.25) is 4.79 Å². The van der Waals surface area contributed by atoms with Crippen LogP contribution in [-0.2, 0) is 4.79 Å². The SMILES string of the molecule is CCC(CCN)CCC(=O)N1CCC(C)C1. The van der Waals surface area contributed by atoms with Crippen LogP contribution in [0.5, 0.6) is 0 Å². The number of rotatable bonds is 6. The quantitative estimate of drug-likeness (QED) is 0.753. The fourth-order valence-electron chi connectivity index (χ4n) is 2.44. The van der Waals surface area contributed by atoms with Gasteiger partial charge in [0.1, 0.15) is 0 Å². The molecule has 1 amide bonds. The third kappa shape index (κ3) is 4.12. The Kier molecular flexibility index (Phi) is 5.81. The van der Waals surface area contributed by atoms with Crippen LogP contribution in [0.3, 0.4) is 0 Å². The highest BCUT2D eigenvalue weighted by Gasteiger charge is 2.23. The van der Waals surface area contributed by atoms with Crippen molar-refractivity contribution in [3.63, 3.8) is 0 Å². The van der Waals surface area contributed by atoms with E-state index in [0.29, 0.717) is 24.2 Å². The van der Waals surface area contributed by atoms with Crippen molar-refractivity contribution in [2.24, 2.45) is 17.6 Å². The van der Waals surface area contributed by atoms with Gasteiger partial charge in [0.05, 0.1) is 0 Å². The predicted octanol–water partition coefficient (Wildman–Crippen LogP) is 2.01. The van der Waals surface area contributed by atoms with Gasteiger partial charge in [0.15, 0.2) is 0 Å². The maximum atomic E-state index is 11.9. The zero-order chi connectivity index (χ0) is 12.0. The minimum absolute atomic E-state index is 0.347. The van der Waals surface area contributed by atoms with Crippen LogP contribution in [-0.4, -0.2) is 30.4 Å². The molecule has 94 valence electrons. The lowest BCUT2D eigenvalue weighted by Gasteiger charge is -2.18. The van der Waals surface area contributed by atoms with Crippen LogP contribution < -0.4 is 5.73 Å². The Morgan fingerprint density at radius 3 is 2.75 bits per heavy atom. The molecule has 0 aromatic carbocycles. The number of amides is 1. The van der Waals surface area contributed by atoms with Crippen LogP contribution >= 0.6 is 0 Å². The number of hydrogen-bond acceptors (Lipinski definition) is 2. The largest absolute Gasteiger partial charge is 0.342 e. The first-order chi connectivity index (χ1) is 7.67. The summed E-state index contributed by atoms with van der Waals surface area (Å²) in [5, 5.41) is 0. The Bertz CT molecular complexity index is 218. The van der Waals surface area contributed by atoms with E-state index in [0.717, 1.165) is 38.9 Å². The predicted molar refractivity (Wildman–Crippen MR) is 67.0 cm³/mol. The third-order valence-corrected chi connectivity index (χ3v) is 3.70. The standard InChI is InChI=1S/C13H26N2O/c1-3-12(6-8-14)4-5-13(16)15-9-7-11(2)10-15/h11-12H,3-10,14H2,1-2H3. The molecule has 2 N–H and O–H groups in total. The maximum absolute atomic E-state index is 11.9. The first kappa shape index (κ1) is 13.5. The smallest absolute Gasteiger partial charge is 0.222 e. The highest BCUT2D eigenvalue weighted by molar-refractivity contribution is 5.76. The second-order valence-corrected chi connectivity index (χ2v) is 5.12. The van der Waals surface area contributed by atoms with Gasteiger partial charge in [-0.25, -0.2) is 0 Å². The highest BCUT2D eigenvalue weighted by atomic mass is 16.2. The maximum Gasteiger partial charge on any atom is 0.222 e. The van der Waals surface area contributed by atoms with E-state index in [1.165, 1.54) is 6.42 Å². The fraction of sp³-hybridized carbons (Fsp3) is 0.923. The molecule has 16 heavy (non-hydrogen) atoms. The zero-order valence-electron chi connectivity index (χ0n) is 10.7. The average molecular weight is 226 g/mol. The van der Waals surface area contributed by atoms with Gasteiger partial charge in [-0.05, 0) is 37.6 Å². The Labute approximate surface area is 99.4 Å². The van der Waals surface area contributed by atoms with E-state index in [1.54, 1.807) is 0 Å². The summed E-state index contributed by atoms with van der Waals surface area (Å²) in [7, 11) is 0. The molecule has 3 heteroatoms. The van der Waals surface area contributed by atoms with Crippen LogP contribution in [0.15, 0.2) is 0 Å². The minimum atomic E-state index is 0.347. The van der Waals surface area contributed by atoms with Crippen LogP contribution in [0.4, 0.5) is 0 Å². The summed E-state index contributed by atoms with van der Waals surface area (Å²) in [6, 6.07) is 0. The molecule has 1 heterocycles. The van der Waals surface area contributed by atoms with E-state index in [1.807, 2.05) is 4.90 Å². The molecule has 0 spiro atoms. The van der Waals surface area contributed by atoms with Crippen LogP contribution in [0.2, 0.25) is 0 Å². The molecule has 0 aromatic heterocycles. The van der Waals surface area contributed by atoms with Crippen molar-refractivity contribution >= 4 is 5.91 Å². The minimum Gasteiger partial charge on any atom is -0.342 e. The molecule has 0 aliphatic carbocycles. The number of hydrogen-bond donors (Lipinski definition) is 1. The number of nitrogens with two attached hydrogens (primary N) is 1. The first-order valence-electron chi connectivity index (χ1n) is 6.65. The van der Waals surface area contributed by atoms with Gasteiger partial charge in [0, 0.05) is 19.5 Å². The number of nitrogens with zero attached hydrogens (tertiary/aromatic N) is 1. The third-order valence-electron chi connectivity index (χ3n) is 3.70. The lowest BCUT2D eigenvalue weighted by atomic mass is 9.96. The number of carbonyl (C=O) groups excluding carboxylic acids is 1. The van der Waals surface area contributed by atoms with Crippen molar-refractivity contribution in [2.75, 3.05) is 19.6 Å². The van der Waals surface area contributed by atoms with Gasteiger partial charge in [-0.1, -0.05) is 20.3 Å². The number of likely N-dealkylation sites (tertiary alicyclic amines) is 1. The topological polar surface area (TPSA) is 46.3 Å². The van der Waals surface area contributed by atoms with E-state index >= 15 is 0 Å². The van der Waals surface area contributed by atoms with Crippen molar-refractivity contribution in [3.8, 4) is 0 Å². The lowest BCUT2D eigenvalue weighted by Crippen LogP contribution is -2.28. The summed E-state index contributed by atoms with van der Waals surface area (Å²) in [6.07, 6.45) is 5.09. The Morgan fingerprint density at radius 1 is 1.50 bits per heavy atom. The fourth-order valence-corrected chi connectivity index (χ4v) is 2.44. The van der Waals surface area contributed by atoms with Crippen molar-refractivity contribution in [3.05, 3.63) is 0 Å².